The molecule has 0 fully saturated rings. The number of fused-ring (bicyclic) bond motifs is 1. The average molecular weight is 392 g/mol. The van der Waals surface area contributed by atoms with E-state index >= 15 is 0 Å². The normalized spacial score (nSPS) is 11.0. The van der Waals surface area contributed by atoms with Crippen molar-refractivity contribution in [2.75, 3.05) is 7.11 Å². The van der Waals surface area contributed by atoms with E-state index in [1.807, 2.05) is 11.5 Å². The van der Waals surface area contributed by atoms with Gasteiger partial charge in [-0.05, 0) is 31.5 Å². The summed E-state index contributed by atoms with van der Waals surface area (Å²) >= 11 is 0. The number of hydrogen-bond donors (Lipinski definition) is 0. The molecule has 0 N–H and O–H groups in total. The monoisotopic (exact) mass is 392 g/mol. The summed E-state index contributed by atoms with van der Waals surface area (Å²) < 4.78 is 20.3. The number of rotatable bonds is 4. The van der Waals surface area contributed by atoms with Crippen molar-refractivity contribution in [3.63, 3.8) is 0 Å². The maximum Gasteiger partial charge on any atom is 0.356 e. The molecule has 4 aromatic heterocycles. The van der Waals surface area contributed by atoms with Gasteiger partial charge in [0, 0.05) is 18.0 Å². The molecule has 0 amide bonds. The van der Waals surface area contributed by atoms with Crippen molar-refractivity contribution in [3.05, 3.63) is 65.4 Å². The number of imidazole rings is 1. The zero-order valence-electron chi connectivity index (χ0n) is 16.0. The molecule has 29 heavy (non-hydrogen) atoms. The quantitative estimate of drug-likeness (QED) is 0.493. The van der Waals surface area contributed by atoms with E-state index in [0.717, 1.165) is 17.5 Å². The Labute approximate surface area is 165 Å². The summed E-state index contributed by atoms with van der Waals surface area (Å²) in [5.41, 5.74) is 3.56. The minimum absolute atomic E-state index is 0.218. The lowest BCUT2D eigenvalue weighted by Gasteiger charge is -2.09. The molecule has 4 aromatic rings. The molecule has 0 unspecified atom stereocenters. The van der Waals surface area contributed by atoms with E-state index in [4.69, 9.17) is 0 Å². The van der Waals surface area contributed by atoms with E-state index in [1.165, 1.54) is 13.2 Å². The molecule has 9 heteroatoms. The number of aryl methyl sites for hydroxylation is 2. The first kappa shape index (κ1) is 18.6. The van der Waals surface area contributed by atoms with Gasteiger partial charge in [-0.3, -0.25) is 4.98 Å². The van der Waals surface area contributed by atoms with Crippen LogP contribution in [-0.2, 0) is 11.3 Å². The fraction of sp³-hybridized carbons (Fsp3) is 0.200. The van der Waals surface area contributed by atoms with E-state index in [1.54, 1.807) is 31.5 Å². The number of carbonyl (C=O) groups excluding carboxylic acids is 1. The molecule has 0 atom stereocenters. The molecule has 4 rings (SSSR count). The van der Waals surface area contributed by atoms with Crippen molar-refractivity contribution < 1.29 is 13.9 Å². The lowest BCUT2D eigenvalue weighted by atomic mass is 10.2. The lowest BCUT2D eigenvalue weighted by Crippen LogP contribution is -2.07. The van der Waals surface area contributed by atoms with Crippen LogP contribution < -0.4 is 0 Å². The van der Waals surface area contributed by atoms with Crippen molar-refractivity contribution in [2.24, 2.45) is 0 Å². The molecule has 4 heterocycles. The minimum Gasteiger partial charge on any atom is -0.464 e. The molecule has 0 aromatic carbocycles. The van der Waals surface area contributed by atoms with E-state index in [9.17, 15) is 9.18 Å². The maximum atomic E-state index is 13.8. The first-order valence-corrected chi connectivity index (χ1v) is 8.82. The van der Waals surface area contributed by atoms with E-state index in [-0.39, 0.29) is 5.69 Å². The Kier molecular flexibility index (Phi) is 4.71. The first-order chi connectivity index (χ1) is 14.0. The van der Waals surface area contributed by atoms with E-state index < -0.39 is 11.8 Å². The second-order valence-corrected chi connectivity index (χ2v) is 6.49. The van der Waals surface area contributed by atoms with Crippen molar-refractivity contribution in [1.29, 1.82) is 0 Å². The molecule has 0 saturated carbocycles. The molecular formula is C20H17FN6O2. The van der Waals surface area contributed by atoms with Crippen molar-refractivity contribution in [3.8, 4) is 11.4 Å². The number of methoxy groups -OCH3 is 1. The number of halogens is 1. The molecule has 146 valence electrons. The number of ether oxygens (including phenoxy) is 1. The Bertz CT molecular complexity index is 1220. The van der Waals surface area contributed by atoms with Crippen LogP contribution in [0, 0.1) is 19.7 Å². The number of hydrogen-bond acceptors (Lipinski definition) is 7. The van der Waals surface area contributed by atoms with Gasteiger partial charge in [0.15, 0.2) is 5.65 Å². The molecule has 0 saturated heterocycles. The summed E-state index contributed by atoms with van der Waals surface area (Å²) in [5.74, 6) is 0.172. The van der Waals surface area contributed by atoms with Crippen LogP contribution in [0.15, 0.2) is 36.8 Å². The van der Waals surface area contributed by atoms with Crippen molar-refractivity contribution in [2.45, 2.75) is 20.4 Å². The van der Waals surface area contributed by atoms with Crippen molar-refractivity contribution in [1.82, 2.24) is 29.5 Å². The smallest absolute Gasteiger partial charge is 0.356 e. The predicted molar refractivity (Wildman–Crippen MR) is 103 cm³/mol. The van der Waals surface area contributed by atoms with Gasteiger partial charge in [0.2, 0.25) is 0 Å². The highest BCUT2D eigenvalue weighted by atomic mass is 19.1. The molecule has 0 radical (unpaired) electrons. The molecule has 0 spiro atoms. The number of aromatic nitrogens is 6. The highest BCUT2D eigenvalue weighted by Gasteiger charge is 2.18. The Balaban J connectivity index is 1.85. The van der Waals surface area contributed by atoms with Crippen LogP contribution in [0.2, 0.25) is 0 Å². The lowest BCUT2D eigenvalue weighted by molar-refractivity contribution is 0.0594. The van der Waals surface area contributed by atoms with Gasteiger partial charge >= 0.3 is 5.97 Å². The topological polar surface area (TPSA) is 95.7 Å². The third-order valence-corrected chi connectivity index (χ3v) is 4.40. The summed E-state index contributed by atoms with van der Waals surface area (Å²) in [6.45, 7) is 4.03. The Morgan fingerprint density at radius 3 is 2.66 bits per heavy atom. The van der Waals surface area contributed by atoms with Crippen LogP contribution in [-0.4, -0.2) is 42.6 Å². The van der Waals surface area contributed by atoms with Crippen LogP contribution in [0.25, 0.3) is 22.6 Å². The highest BCUT2D eigenvalue weighted by Crippen LogP contribution is 2.26. The number of nitrogens with zero attached hydrogens (tertiary/aromatic N) is 6. The molecular weight excluding hydrogens is 375 g/mol. The number of pyridine rings is 2. The van der Waals surface area contributed by atoms with Gasteiger partial charge in [0.1, 0.15) is 28.7 Å². The van der Waals surface area contributed by atoms with Crippen molar-refractivity contribution >= 4 is 17.1 Å². The van der Waals surface area contributed by atoms with Crippen LogP contribution in [0.1, 0.15) is 27.6 Å². The van der Waals surface area contributed by atoms with Crippen LogP contribution in [0.5, 0.6) is 0 Å². The SMILES string of the molecule is COC(=O)c1ccc(Cn2c(-c3cncc(F)c3)nc3c(C)nc(C)nc32)cn1. The largest absolute Gasteiger partial charge is 0.464 e. The number of carbonyl (C=O) groups is 1. The first-order valence-electron chi connectivity index (χ1n) is 8.82. The molecule has 8 nitrogen and oxygen atoms in total. The maximum absolute atomic E-state index is 13.8. The Morgan fingerprint density at radius 2 is 1.97 bits per heavy atom. The minimum atomic E-state index is -0.504. The number of esters is 1. The van der Waals surface area contributed by atoms with Gasteiger partial charge in [0.25, 0.3) is 0 Å². The van der Waals surface area contributed by atoms with Crippen LogP contribution in [0.4, 0.5) is 4.39 Å². The highest BCUT2D eigenvalue weighted by molar-refractivity contribution is 5.87. The summed E-state index contributed by atoms with van der Waals surface area (Å²) in [5, 5.41) is 0. The van der Waals surface area contributed by atoms with Gasteiger partial charge in [-0.15, -0.1) is 0 Å². The second-order valence-electron chi connectivity index (χ2n) is 6.49. The fourth-order valence-electron chi connectivity index (χ4n) is 3.10. The molecule has 0 aliphatic carbocycles. The Morgan fingerprint density at radius 1 is 1.14 bits per heavy atom. The van der Waals surface area contributed by atoms with E-state index in [0.29, 0.717) is 34.9 Å². The van der Waals surface area contributed by atoms with Gasteiger partial charge < -0.3 is 9.30 Å². The summed E-state index contributed by atoms with van der Waals surface area (Å²) in [6, 6.07) is 4.74. The third kappa shape index (κ3) is 3.54. The summed E-state index contributed by atoms with van der Waals surface area (Å²) in [6.07, 6.45) is 4.28. The molecule has 0 aliphatic heterocycles. The Hall–Kier alpha value is -3.75. The standard InChI is InChI=1S/C20H17FN6O2/c1-11-17-19(25-12(2)24-11)27(18(26-17)14-6-15(21)9-22-8-14)10-13-4-5-16(23-7-13)20(28)29-3/h4-9H,10H2,1-3H3. The average Bonchev–Trinajstić information content (AvgIpc) is 3.06. The van der Waals surface area contributed by atoms with Gasteiger partial charge in [0.05, 0.1) is 25.5 Å². The van der Waals surface area contributed by atoms with Crippen LogP contribution >= 0.6 is 0 Å². The van der Waals surface area contributed by atoms with Gasteiger partial charge in [-0.1, -0.05) is 6.07 Å². The van der Waals surface area contributed by atoms with Crippen LogP contribution in [0.3, 0.4) is 0 Å². The zero-order valence-corrected chi connectivity index (χ0v) is 16.0. The molecule has 0 aliphatic rings. The fourth-order valence-corrected chi connectivity index (χ4v) is 3.10. The summed E-state index contributed by atoms with van der Waals surface area (Å²) in [4.78, 5) is 33.3. The third-order valence-electron chi connectivity index (χ3n) is 4.40. The zero-order chi connectivity index (χ0) is 20.5. The van der Waals surface area contributed by atoms with Gasteiger partial charge in [-0.25, -0.2) is 29.1 Å². The second kappa shape index (κ2) is 7.34. The summed E-state index contributed by atoms with van der Waals surface area (Å²) in [7, 11) is 1.30. The van der Waals surface area contributed by atoms with Gasteiger partial charge in [-0.2, -0.15) is 0 Å². The van der Waals surface area contributed by atoms with E-state index in [2.05, 4.69) is 29.7 Å². The predicted octanol–water partition coefficient (Wildman–Crippen LogP) is 2.87. The molecule has 0 bridgehead atoms.